The van der Waals surface area contributed by atoms with Crippen molar-refractivity contribution in [3.63, 3.8) is 0 Å². The van der Waals surface area contributed by atoms with Gasteiger partial charge in [-0.05, 0) is 18.2 Å². The molecule has 0 spiro atoms. The van der Waals surface area contributed by atoms with Gasteiger partial charge in [0.15, 0.2) is 5.69 Å². The van der Waals surface area contributed by atoms with E-state index in [1.807, 2.05) is 0 Å². The van der Waals surface area contributed by atoms with Crippen molar-refractivity contribution in [2.24, 2.45) is 0 Å². The topological polar surface area (TPSA) is 52.1 Å². The summed E-state index contributed by atoms with van der Waals surface area (Å²) in [6.45, 7) is 0. The molecule has 1 aromatic carbocycles. The van der Waals surface area contributed by atoms with Crippen molar-refractivity contribution in [3.8, 4) is 5.88 Å². The number of ether oxygens (including phenoxy) is 1. The molecule has 0 amide bonds. The monoisotopic (exact) mass is 282 g/mol. The molecule has 6 heteroatoms. The molecule has 0 bridgehead atoms. The Morgan fingerprint density at radius 2 is 1.89 bits per heavy atom. The molecule has 0 aliphatic heterocycles. The fourth-order valence-electron chi connectivity index (χ4n) is 1.40. The van der Waals surface area contributed by atoms with Crippen molar-refractivity contribution in [1.82, 2.24) is 9.97 Å². The second-order valence-corrected chi connectivity index (χ2v) is 4.19. The van der Waals surface area contributed by atoms with E-state index in [4.69, 9.17) is 27.9 Å². The molecule has 0 atom stereocenters. The van der Waals surface area contributed by atoms with Crippen LogP contribution in [-0.4, -0.2) is 22.9 Å². The zero-order chi connectivity index (χ0) is 13.1. The molecule has 0 N–H and O–H groups in total. The minimum Gasteiger partial charge on any atom is -0.479 e. The molecule has 18 heavy (non-hydrogen) atoms. The van der Waals surface area contributed by atoms with Gasteiger partial charge < -0.3 is 4.74 Å². The molecule has 0 aliphatic rings. The number of rotatable bonds is 3. The lowest BCUT2D eigenvalue weighted by Crippen LogP contribution is -2.07. The van der Waals surface area contributed by atoms with Gasteiger partial charge in [0, 0.05) is 18.0 Å². The van der Waals surface area contributed by atoms with Crippen LogP contribution in [0.3, 0.4) is 0 Å². The van der Waals surface area contributed by atoms with Crippen LogP contribution in [0.15, 0.2) is 30.6 Å². The predicted molar refractivity (Wildman–Crippen MR) is 68.5 cm³/mol. The van der Waals surface area contributed by atoms with Crippen molar-refractivity contribution in [3.05, 3.63) is 51.9 Å². The third kappa shape index (κ3) is 2.44. The van der Waals surface area contributed by atoms with E-state index in [1.165, 1.54) is 25.6 Å². The van der Waals surface area contributed by atoms with Crippen molar-refractivity contribution < 1.29 is 9.53 Å². The van der Waals surface area contributed by atoms with Crippen LogP contribution >= 0.6 is 23.2 Å². The van der Waals surface area contributed by atoms with Crippen LogP contribution in [-0.2, 0) is 0 Å². The number of nitrogens with zero attached hydrogens (tertiary/aromatic N) is 2. The van der Waals surface area contributed by atoms with Crippen molar-refractivity contribution in [2.45, 2.75) is 0 Å². The fourth-order valence-corrected chi connectivity index (χ4v) is 1.70. The maximum absolute atomic E-state index is 12.2. The van der Waals surface area contributed by atoms with Crippen LogP contribution in [0, 0.1) is 0 Å². The van der Waals surface area contributed by atoms with E-state index in [1.54, 1.807) is 12.1 Å². The highest BCUT2D eigenvalue weighted by Crippen LogP contribution is 2.24. The molecule has 1 heterocycles. The van der Waals surface area contributed by atoms with Gasteiger partial charge in [0.05, 0.1) is 17.2 Å². The van der Waals surface area contributed by atoms with Crippen molar-refractivity contribution in [2.75, 3.05) is 7.11 Å². The minimum absolute atomic E-state index is 0.137. The summed E-state index contributed by atoms with van der Waals surface area (Å²) in [5.74, 6) is -0.146. The minimum atomic E-state index is -0.321. The number of ketones is 1. The first-order valence-corrected chi connectivity index (χ1v) is 5.74. The lowest BCUT2D eigenvalue weighted by Gasteiger charge is -2.05. The Bertz CT molecular complexity index is 602. The summed E-state index contributed by atoms with van der Waals surface area (Å²) >= 11 is 11.7. The highest BCUT2D eigenvalue weighted by atomic mass is 35.5. The molecule has 0 saturated heterocycles. The van der Waals surface area contributed by atoms with Crippen LogP contribution in [0.5, 0.6) is 5.88 Å². The molecule has 2 aromatic rings. The standard InChI is InChI=1S/C12H8Cl2N2O2/c1-18-12-10(15-4-5-16-12)11(17)7-2-3-8(13)9(14)6-7/h2-6H,1H3. The number of benzene rings is 1. The summed E-state index contributed by atoms with van der Waals surface area (Å²) in [6.07, 6.45) is 2.87. The second kappa shape index (κ2) is 5.33. The highest BCUT2D eigenvalue weighted by molar-refractivity contribution is 6.42. The van der Waals surface area contributed by atoms with Gasteiger partial charge in [-0.1, -0.05) is 23.2 Å². The number of carbonyl (C=O) groups is 1. The van der Waals surface area contributed by atoms with Crippen LogP contribution in [0.2, 0.25) is 10.0 Å². The molecule has 0 saturated carbocycles. The average molecular weight is 283 g/mol. The number of hydrogen-bond acceptors (Lipinski definition) is 4. The van der Waals surface area contributed by atoms with Gasteiger partial charge in [-0.3, -0.25) is 4.79 Å². The SMILES string of the molecule is COc1nccnc1C(=O)c1ccc(Cl)c(Cl)c1. The Morgan fingerprint density at radius 1 is 1.17 bits per heavy atom. The third-order valence-electron chi connectivity index (χ3n) is 2.25. The van der Waals surface area contributed by atoms with Gasteiger partial charge in [-0.15, -0.1) is 0 Å². The zero-order valence-electron chi connectivity index (χ0n) is 9.35. The average Bonchev–Trinajstić information content (AvgIpc) is 2.41. The van der Waals surface area contributed by atoms with E-state index >= 15 is 0 Å². The van der Waals surface area contributed by atoms with E-state index in [-0.39, 0.29) is 17.4 Å². The second-order valence-electron chi connectivity index (χ2n) is 3.37. The van der Waals surface area contributed by atoms with Crippen LogP contribution in [0.1, 0.15) is 16.1 Å². The number of hydrogen-bond donors (Lipinski definition) is 0. The summed E-state index contributed by atoms with van der Waals surface area (Å²) in [7, 11) is 1.43. The third-order valence-corrected chi connectivity index (χ3v) is 2.99. The normalized spacial score (nSPS) is 10.2. The quantitative estimate of drug-likeness (QED) is 0.812. The molecule has 0 unspecified atom stereocenters. The Labute approximate surface area is 114 Å². The van der Waals surface area contributed by atoms with Crippen LogP contribution in [0.25, 0.3) is 0 Å². The maximum Gasteiger partial charge on any atom is 0.243 e. The molecular formula is C12H8Cl2N2O2. The lowest BCUT2D eigenvalue weighted by molar-refractivity contribution is 0.103. The van der Waals surface area contributed by atoms with Gasteiger partial charge in [0.1, 0.15) is 0 Å². The zero-order valence-corrected chi connectivity index (χ0v) is 10.9. The molecule has 0 aliphatic carbocycles. The molecule has 4 nitrogen and oxygen atoms in total. The summed E-state index contributed by atoms with van der Waals surface area (Å²) in [5, 5.41) is 0.699. The fraction of sp³-hybridized carbons (Fsp3) is 0.0833. The summed E-state index contributed by atoms with van der Waals surface area (Å²) in [5.41, 5.74) is 0.515. The van der Waals surface area contributed by atoms with Gasteiger partial charge in [0.2, 0.25) is 11.7 Å². The summed E-state index contributed by atoms with van der Waals surface area (Å²) in [6, 6.07) is 4.62. The van der Waals surface area contributed by atoms with E-state index in [0.717, 1.165) is 0 Å². The van der Waals surface area contributed by atoms with Gasteiger partial charge in [-0.25, -0.2) is 9.97 Å². The first kappa shape index (κ1) is 12.8. The number of aromatic nitrogens is 2. The maximum atomic E-state index is 12.2. The smallest absolute Gasteiger partial charge is 0.243 e. The summed E-state index contributed by atoms with van der Waals surface area (Å²) < 4.78 is 4.99. The van der Waals surface area contributed by atoms with E-state index in [9.17, 15) is 4.79 Å². The van der Waals surface area contributed by atoms with Crippen molar-refractivity contribution >= 4 is 29.0 Å². The van der Waals surface area contributed by atoms with Crippen molar-refractivity contribution in [1.29, 1.82) is 0 Å². The van der Waals surface area contributed by atoms with Gasteiger partial charge >= 0.3 is 0 Å². The van der Waals surface area contributed by atoms with E-state index in [2.05, 4.69) is 9.97 Å². The van der Waals surface area contributed by atoms with Gasteiger partial charge in [-0.2, -0.15) is 0 Å². The molecule has 2 rings (SSSR count). The Kier molecular flexibility index (Phi) is 3.79. The van der Waals surface area contributed by atoms with E-state index in [0.29, 0.717) is 15.6 Å². The van der Waals surface area contributed by atoms with Gasteiger partial charge in [0.25, 0.3) is 0 Å². The van der Waals surface area contributed by atoms with E-state index < -0.39 is 0 Å². The summed E-state index contributed by atoms with van der Waals surface area (Å²) in [4.78, 5) is 20.1. The number of halogens is 2. The van der Waals surface area contributed by atoms with Crippen LogP contribution < -0.4 is 4.74 Å². The molecule has 0 fully saturated rings. The number of carbonyl (C=O) groups excluding carboxylic acids is 1. The molecule has 0 radical (unpaired) electrons. The highest BCUT2D eigenvalue weighted by Gasteiger charge is 2.17. The largest absolute Gasteiger partial charge is 0.479 e. The first-order chi connectivity index (χ1) is 8.63. The Hall–Kier alpha value is -1.65. The Balaban J connectivity index is 2.44. The molecule has 92 valence electrons. The molecular weight excluding hydrogens is 275 g/mol. The number of methoxy groups -OCH3 is 1. The van der Waals surface area contributed by atoms with Crippen LogP contribution in [0.4, 0.5) is 0 Å². The Morgan fingerprint density at radius 3 is 2.56 bits per heavy atom. The lowest BCUT2D eigenvalue weighted by atomic mass is 10.1. The first-order valence-electron chi connectivity index (χ1n) is 4.98. The predicted octanol–water partition coefficient (Wildman–Crippen LogP) is 3.02. The molecule has 1 aromatic heterocycles.